The molecule has 10 nitrogen and oxygen atoms in total. The van der Waals surface area contributed by atoms with Gasteiger partial charge in [0.05, 0.1) is 18.6 Å². The van der Waals surface area contributed by atoms with Gasteiger partial charge in [-0.1, -0.05) is 92.7 Å². The number of nitrogens with zero attached hydrogens (tertiary/aromatic N) is 1. The second-order valence-electron chi connectivity index (χ2n) is 12.3. The number of methoxy groups -OCH3 is 1. The topological polar surface area (TPSA) is 151 Å². The highest BCUT2D eigenvalue weighted by atomic mass is 32.2. The third kappa shape index (κ3) is 9.91. The molecule has 0 aliphatic heterocycles. The number of alkyl carbamates (subject to hydrolysis) is 1. The lowest BCUT2D eigenvalue weighted by Gasteiger charge is -2.31. The minimum atomic E-state index is -3.95. The second kappa shape index (κ2) is 17.6. The SMILES string of the molecule is COC(=O)N[C@H](C(=O)Nc1ccccc1CC[C@@H](CO)N(CCC(C)C)S(=O)(=O)c1ccc(N)cc1)C(c1ccccc1)c1ccccc1. The van der Waals surface area contributed by atoms with Crippen LogP contribution in [0.1, 0.15) is 49.3 Å². The molecule has 0 aliphatic carbocycles. The van der Waals surface area contributed by atoms with Crippen LogP contribution in [0.3, 0.4) is 0 Å². The van der Waals surface area contributed by atoms with Gasteiger partial charge in [-0.25, -0.2) is 13.2 Å². The van der Waals surface area contributed by atoms with E-state index >= 15 is 0 Å². The molecular weight excluding hydrogens is 641 g/mol. The lowest BCUT2D eigenvalue weighted by molar-refractivity contribution is -0.118. The number of hydrogen-bond acceptors (Lipinski definition) is 7. The molecule has 0 radical (unpaired) electrons. The Bertz CT molecular complexity index is 1710. The molecule has 0 bridgehead atoms. The number of anilines is 2. The van der Waals surface area contributed by atoms with E-state index in [9.17, 15) is 23.1 Å². The number of hydrogen-bond donors (Lipinski definition) is 4. The van der Waals surface area contributed by atoms with Crippen LogP contribution in [0.25, 0.3) is 0 Å². The van der Waals surface area contributed by atoms with Crippen molar-refractivity contribution in [3.63, 3.8) is 0 Å². The Morgan fingerprint density at radius 1 is 0.837 bits per heavy atom. The number of sulfonamides is 1. The fraction of sp³-hybridized carbons (Fsp3) is 0.316. The van der Waals surface area contributed by atoms with Crippen LogP contribution < -0.4 is 16.4 Å². The summed E-state index contributed by atoms with van der Waals surface area (Å²) in [7, 11) is -2.70. The van der Waals surface area contributed by atoms with Crippen molar-refractivity contribution in [3.05, 3.63) is 126 Å². The Morgan fingerprint density at radius 2 is 1.41 bits per heavy atom. The highest BCUT2D eigenvalue weighted by molar-refractivity contribution is 7.89. The summed E-state index contributed by atoms with van der Waals surface area (Å²) in [6.45, 7) is 3.88. The van der Waals surface area contributed by atoms with E-state index in [-0.39, 0.29) is 30.4 Å². The van der Waals surface area contributed by atoms with Crippen molar-refractivity contribution in [3.8, 4) is 0 Å². The quantitative estimate of drug-likeness (QED) is 0.109. The first-order valence-electron chi connectivity index (χ1n) is 16.4. The van der Waals surface area contributed by atoms with Crippen LogP contribution in [-0.4, -0.2) is 62.2 Å². The molecule has 2 atom stereocenters. The average Bonchev–Trinajstić information content (AvgIpc) is 3.10. The molecule has 4 rings (SSSR count). The van der Waals surface area contributed by atoms with Gasteiger partial charge in [0, 0.05) is 29.9 Å². The zero-order valence-corrected chi connectivity index (χ0v) is 29.0. The number of carbonyl (C=O) groups excluding carboxylic acids is 2. The first kappa shape index (κ1) is 37.1. The third-order valence-electron chi connectivity index (χ3n) is 8.45. The summed E-state index contributed by atoms with van der Waals surface area (Å²) in [5.41, 5.74) is 9.17. The largest absolute Gasteiger partial charge is 0.453 e. The second-order valence-corrected chi connectivity index (χ2v) is 14.2. The number of amides is 2. The maximum absolute atomic E-state index is 14.2. The number of para-hydroxylation sites is 1. The molecule has 0 saturated heterocycles. The maximum atomic E-state index is 14.2. The molecule has 2 amide bonds. The van der Waals surface area contributed by atoms with E-state index in [1.54, 1.807) is 24.3 Å². The number of nitrogens with one attached hydrogen (secondary N) is 2. The van der Waals surface area contributed by atoms with Crippen molar-refractivity contribution >= 4 is 33.4 Å². The molecule has 4 aromatic carbocycles. The van der Waals surface area contributed by atoms with Gasteiger partial charge in [0.2, 0.25) is 15.9 Å². The Hall–Kier alpha value is -4.71. The number of aryl methyl sites for hydroxylation is 1. The molecule has 0 aromatic heterocycles. The van der Waals surface area contributed by atoms with Crippen molar-refractivity contribution in [2.75, 3.05) is 31.3 Å². The lowest BCUT2D eigenvalue weighted by atomic mass is 9.84. The van der Waals surface area contributed by atoms with Gasteiger partial charge in [-0.2, -0.15) is 4.31 Å². The maximum Gasteiger partial charge on any atom is 0.407 e. The fourth-order valence-electron chi connectivity index (χ4n) is 5.76. The summed E-state index contributed by atoms with van der Waals surface area (Å²) in [6.07, 6.45) is 0.499. The first-order valence-corrected chi connectivity index (χ1v) is 17.8. The van der Waals surface area contributed by atoms with Gasteiger partial charge >= 0.3 is 6.09 Å². The van der Waals surface area contributed by atoms with Crippen LogP contribution >= 0.6 is 0 Å². The Labute approximate surface area is 289 Å². The van der Waals surface area contributed by atoms with Gasteiger partial charge in [-0.3, -0.25) is 4.79 Å². The highest BCUT2D eigenvalue weighted by Crippen LogP contribution is 2.30. The molecule has 49 heavy (non-hydrogen) atoms. The van der Waals surface area contributed by atoms with E-state index < -0.39 is 40.0 Å². The molecule has 5 N–H and O–H groups in total. The number of aliphatic hydroxyl groups excluding tert-OH is 1. The predicted octanol–water partition coefficient (Wildman–Crippen LogP) is 5.79. The minimum Gasteiger partial charge on any atom is -0.453 e. The van der Waals surface area contributed by atoms with Crippen LogP contribution in [0.4, 0.5) is 16.2 Å². The van der Waals surface area contributed by atoms with Crippen molar-refractivity contribution in [1.29, 1.82) is 0 Å². The van der Waals surface area contributed by atoms with Crippen molar-refractivity contribution < 1.29 is 27.9 Å². The monoisotopic (exact) mass is 686 g/mol. The highest BCUT2D eigenvalue weighted by Gasteiger charge is 2.34. The molecule has 11 heteroatoms. The van der Waals surface area contributed by atoms with Gasteiger partial charge in [-0.15, -0.1) is 0 Å². The Kier molecular flexibility index (Phi) is 13.3. The molecule has 0 heterocycles. The average molecular weight is 687 g/mol. The third-order valence-corrected chi connectivity index (χ3v) is 10.4. The van der Waals surface area contributed by atoms with E-state index in [2.05, 4.69) is 10.6 Å². The molecule has 260 valence electrons. The van der Waals surface area contributed by atoms with Crippen LogP contribution in [-0.2, 0) is 26.0 Å². The van der Waals surface area contributed by atoms with Gasteiger partial charge in [-0.05, 0) is 72.2 Å². The van der Waals surface area contributed by atoms with Crippen molar-refractivity contribution in [1.82, 2.24) is 9.62 Å². The number of ether oxygens (including phenoxy) is 1. The molecular formula is C38H46N4O6S. The molecule has 0 spiro atoms. The summed E-state index contributed by atoms with van der Waals surface area (Å²) < 4.78 is 34.0. The normalized spacial score (nSPS) is 12.9. The number of nitrogens with two attached hydrogens (primary N) is 1. The summed E-state index contributed by atoms with van der Waals surface area (Å²) in [4.78, 5) is 26.8. The van der Waals surface area contributed by atoms with Crippen molar-refractivity contribution in [2.24, 2.45) is 5.92 Å². The molecule has 0 unspecified atom stereocenters. The molecule has 0 aliphatic rings. The van der Waals surface area contributed by atoms with E-state index in [0.29, 0.717) is 24.2 Å². The standard InChI is InChI=1S/C38H46N4O6S/c1-27(2)24-25-42(49(46,47)33-22-19-31(39)20-23-33)32(26-43)21-18-28-12-10-11-17-34(28)40-37(44)36(41-38(45)48-3)35(29-13-6-4-7-14-29)30-15-8-5-9-16-30/h4-17,19-20,22-23,27,32,35-36,43H,18,21,24-26,39H2,1-3H3,(H,40,44)(H,41,45)/t32-,36-/m0/s1. The molecule has 0 fully saturated rings. The zero-order valence-electron chi connectivity index (χ0n) is 28.2. The smallest absolute Gasteiger partial charge is 0.407 e. The molecule has 0 saturated carbocycles. The van der Waals surface area contributed by atoms with Gasteiger partial charge < -0.3 is 26.2 Å². The van der Waals surface area contributed by atoms with Gasteiger partial charge in [0.15, 0.2) is 0 Å². The number of benzene rings is 4. The first-order chi connectivity index (χ1) is 23.5. The lowest BCUT2D eigenvalue weighted by Crippen LogP contribution is -2.48. The number of aliphatic hydroxyl groups is 1. The van der Waals surface area contributed by atoms with E-state index in [1.165, 1.54) is 23.5 Å². The van der Waals surface area contributed by atoms with Gasteiger partial charge in [0.25, 0.3) is 0 Å². The van der Waals surface area contributed by atoms with E-state index in [0.717, 1.165) is 16.7 Å². The van der Waals surface area contributed by atoms with Crippen LogP contribution in [0, 0.1) is 5.92 Å². The van der Waals surface area contributed by atoms with Crippen LogP contribution in [0.15, 0.2) is 114 Å². The Morgan fingerprint density at radius 3 is 1.96 bits per heavy atom. The summed E-state index contributed by atoms with van der Waals surface area (Å²) in [6, 6.07) is 30.4. The summed E-state index contributed by atoms with van der Waals surface area (Å²) in [5.74, 6) is -0.763. The van der Waals surface area contributed by atoms with Crippen molar-refractivity contribution in [2.45, 2.75) is 56.0 Å². The van der Waals surface area contributed by atoms with E-state index in [4.69, 9.17) is 10.5 Å². The van der Waals surface area contributed by atoms with Crippen LogP contribution in [0.2, 0.25) is 0 Å². The number of nitrogen functional groups attached to an aromatic ring is 1. The minimum absolute atomic E-state index is 0.104. The predicted molar refractivity (Wildman–Crippen MR) is 193 cm³/mol. The fourth-order valence-corrected chi connectivity index (χ4v) is 7.42. The summed E-state index contributed by atoms with van der Waals surface area (Å²) >= 11 is 0. The number of carbonyl (C=O) groups is 2. The molecule has 4 aromatic rings. The number of rotatable bonds is 16. The van der Waals surface area contributed by atoms with E-state index in [1.807, 2.05) is 86.6 Å². The van der Waals surface area contributed by atoms with Gasteiger partial charge in [0.1, 0.15) is 6.04 Å². The van der Waals surface area contributed by atoms with Crippen LogP contribution in [0.5, 0.6) is 0 Å². The zero-order chi connectivity index (χ0) is 35.4. The Balaban J connectivity index is 1.62. The summed E-state index contributed by atoms with van der Waals surface area (Å²) in [5, 5.41) is 16.3.